The van der Waals surface area contributed by atoms with Crippen LogP contribution >= 0.6 is 0 Å². The number of ether oxygens (including phenoxy) is 1. The number of benzene rings is 1. The van der Waals surface area contributed by atoms with E-state index in [4.69, 9.17) is 4.42 Å². The molecule has 0 saturated heterocycles. The highest BCUT2D eigenvalue weighted by atomic mass is 19.3. The van der Waals surface area contributed by atoms with E-state index >= 15 is 0 Å². The van der Waals surface area contributed by atoms with Crippen LogP contribution in [-0.4, -0.2) is 6.61 Å². The first-order chi connectivity index (χ1) is 8.24. The average molecular weight is 239 g/mol. The standard InChI is InChI=1S/C12H11F2NO2/c13-12(14)17-10-4-1-3-9(7-10)15-8-11-5-2-6-16-11/h1-7,12,15H,8H2. The highest BCUT2D eigenvalue weighted by Crippen LogP contribution is 2.19. The van der Waals surface area contributed by atoms with E-state index in [1.807, 2.05) is 6.07 Å². The molecule has 0 amide bonds. The Hall–Kier alpha value is -2.04. The van der Waals surface area contributed by atoms with Crippen molar-refractivity contribution in [1.29, 1.82) is 0 Å². The molecule has 2 aromatic rings. The van der Waals surface area contributed by atoms with E-state index in [0.717, 1.165) is 5.76 Å². The Balaban J connectivity index is 1.96. The van der Waals surface area contributed by atoms with Crippen LogP contribution in [0.15, 0.2) is 47.1 Å². The molecule has 0 aliphatic heterocycles. The lowest BCUT2D eigenvalue weighted by molar-refractivity contribution is -0.0498. The summed E-state index contributed by atoms with van der Waals surface area (Å²) < 4.78 is 33.4. The number of furan rings is 1. The molecule has 0 spiro atoms. The third kappa shape index (κ3) is 3.48. The Morgan fingerprint density at radius 2 is 2.12 bits per heavy atom. The first-order valence-corrected chi connectivity index (χ1v) is 5.05. The maximum atomic E-state index is 12.0. The van der Waals surface area contributed by atoms with Crippen LogP contribution < -0.4 is 10.1 Å². The predicted octanol–water partition coefficient (Wildman–Crippen LogP) is 3.49. The van der Waals surface area contributed by atoms with Gasteiger partial charge in [-0.3, -0.25) is 0 Å². The topological polar surface area (TPSA) is 34.4 Å². The maximum absolute atomic E-state index is 12.0. The number of halogens is 2. The third-order valence-electron chi connectivity index (χ3n) is 2.11. The molecule has 0 unspecified atom stereocenters. The van der Waals surface area contributed by atoms with Crippen molar-refractivity contribution >= 4 is 5.69 Å². The summed E-state index contributed by atoms with van der Waals surface area (Å²) in [5.41, 5.74) is 0.694. The lowest BCUT2D eigenvalue weighted by atomic mass is 10.3. The van der Waals surface area contributed by atoms with E-state index in [2.05, 4.69) is 10.1 Å². The van der Waals surface area contributed by atoms with Gasteiger partial charge in [-0.2, -0.15) is 8.78 Å². The molecule has 0 atom stereocenters. The second-order valence-electron chi connectivity index (χ2n) is 3.34. The Bertz CT molecular complexity index is 457. The van der Waals surface area contributed by atoms with Crippen molar-refractivity contribution in [3.05, 3.63) is 48.4 Å². The van der Waals surface area contributed by atoms with Gasteiger partial charge in [-0.1, -0.05) is 6.07 Å². The lowest BCUT2D eigenvalue weighted by Crippen LogP contribution is -2.03. The first kappa shape index (κ1) is 11.4. The monoisotopic (exact) mass is 239 g/mol. The molecule has 5 heteroatoms. The fourth-order valence-electron chi connectivity index (χ4n) is 1.38. The molecule has 1 aromatic carbocycles. The van der Waals surface area contributed by atoms with Crippen LogP contribution in [0.4, 0.5) is 14.5 Å². The fraction of sp³-hybridized carbons (Fsp3) is 0.167. The molecule has 0 bridgehead atoms. The zero-order valence-corrected chi connectivity index (χ0v) is 8.90. The SMILES string of the molecule is FC(F)Oc1cccc(NCc2ccco2)c1. The lowest BCUT2D eigenvalue weighted by Gasteiger charge is -2.08. The van der Waals surface area contributed by atoms with E-state index in [0.29, 0.717) is 12.2 Å². The van der Waals surface area contributed by atoms with Gasteiger partial charge >= 0.3 is 6.61 Å². The minimum absolute atomic E-state index is 0.129. The van der Waals surface area contributed by atoms with Crippen LogP contribution in [0.2, 0.25) is 0 Å². The van der Waals surface area contributed by atoms with Crippen LogP contribution in [0.5, 0.6) is 5.75 Å². The Morgan fingerprint density at radius 1 is 1.24 bits per heavy atom. The van der Waals surface area contributed by atoms with Gasteiger partial charge in [-0.15, -0.1) is 0 Å². The summed E-state index contributed by atoms with van der Waals surface area (Å²) in [7, 11) is 0. The molecule has 0 aliphatic rings. The summed E-state index contributed by atoms with van der Waals surface area (Å²) >= 11 is 0. The molecule has 0 aliphatic carbocycles. The Morgan fingerprint density at radius 3 is 2.82 bits per heavy atom. The predicted molar refractivity (Wildman–Crippen MR) is 59.1 cm³/mol. The molecule has 1 aromatic heterocycles. The van der Waals surface area contributed by atoms with Gasteiger partial charge < -0.3 is 14.5 Å². The van der Waals surface area contributed by atoms with Gasteiger partial charge in [0.25, 0.3) is 0 Å². The van der Waals surface area contributed by atoms with E-state index in [1.54, 1.807) is 24.5 Å². The molecule has 0 radical (unpaired) electrons. The number of rotatable bonds is 5. The quantitative estimate of drug-likeness (QED) is 0.867. The summed E-state index contributed by atoms with van der Waals surface area (Å²) in [6, 6.07) is 10.0. The highest BCUT2D eigenvalue weighted by molar-refractivity contribution is 5.48. The maximum Gasteiger partial charge on any atom is 0.387 e. The van der Waals surface area contributed by atoms with Gasteiger partial charge in [-0.05, 0) is 24.3 Å². The summed E-state index contributed by atoms with van der Waals surface area (Å²) in [6.45, 7) is -2.32. The Kier molecular flexibility index (Phi) is 3.59. The number of nitrogens with one attached hydrogen (secondary N) is 1. The van der Waals surface area contributed by atoms with Gasteiger partial charge in [0, 0.05) is 11.8 Å². The van der Waals surface area contributed by atoms with E-state index < -0.39 is 6.61 Å². The zero-order chi connectivity index (χ0) is 12.1. The first-order valence-electron chi connectivity index (χ1n) is 5.05. The van der Waals surface area contributed by atoms with Crippen molar-refractivity contribution in [1.82, 2.24) is 0 Å². The molecule has 0 fully saturated rings. The van der Waals surface area contributed by atoms with Crippen molar-refractivity contribution < 1.29 is 17.9 Å². The minimum Gasteiger partial charge on any atom is -0.467 e. The van der Waals surface area contributed by atoms with Crippen molar-refractivity contribution in [3.63, 3.8) is 0 Å². The van der Waals surface area contributed by atoms with Crippen LogP contribution in [-0.2, 0) is 6.54 Å². The minimum atomic E-state index is -2.81. The Labute approximate surface area is 97.0 Å². The second kappa shape index (κ2) is 5.34. The van der Waals surface area contributed by atoms with Crippen LogP contribution in [0.25, 0.3) is 0 Å². The third-order valence-corrected chi connectivity index (χ3v) is 2.11. The van der Waals surface area contributed by atoms with E-state index in [1.165, 1.54) is 12.1 Å². The van der Waals surface area contributed by atoms with Gasteiger partial charge in [0.1, 0.15) is 11.5 Å². The number of hydrogen-bond acceptors (Lipinski definition) is 3. The normalized spacial score (nSPS) is 10.5. The molecule has 90 valence electrons. The van der Waals surface area contributed by atoms with Crippen LogP contribution in [0.3, 0.4) is 0 Å². The van der Waals surface area contributed by atoms with Gasteiger partial charge in [0.2, 0.25) is 0 Å². The molecule has 2 rings (SSSR count). The molecule has 17 heavy (non-hydrogen) atoms. The summed E-state index contributed by atoms with van der Waals surface area (Å²) in [4.78, 5) is 0. The van der Waals surface area contributed by atoms with Gasteiger partial charge in [-0.25, -0.2) is 0 Å². The highest BCUT2D eigenvalue weighted by Gasteiger charge is 2.04. The van der Waals surface area contributed by atoms with E-state index in [-0.39, 0.29) is 5.75 Å². The zero-order valence-electron chi connectivity index (χ0n) is 8.90. The van der Waals surface area contributed by atoms with Crippen molar-refractivity contribution in [2.24, 2.45) is 0 Å². The van der Waals surface area contributed by atoms with Gasteiger partial charge in [0.05, 0.1) is 12.8 Å². The summed E-state index contributed by atoms with van der Waals surface area (Å²) in [5.74, 6) is 0.898. The molecule has 0 saturated carbocycles. The average Bonchev–Trinajstić information content (AvgIpc) is 2.79. The fourth-order valence-corrected chi connectivity index (χ4v) is 1.38. The summed E-state index contributed by atoms with van der Waals surface area (Å²) in [5, 5.41) is 3.04. The molecular weight excluding hydrogens is 228 g/mol. The number of anilines is 1. The van der Waals surface area contributed by atoms with E-state index in [9.17, 15) is 8.78 Å². The van der Waals surface area contributed by atoms with Crippen LogP contribution in [0.1, 0.15) is 5.76 Å². The largest absolute Gasteiger partial charge is 0.467 e. The smallest absolute Gasteiger partial charge is 0.387 e. The second-order valence-corrected chi connectivity index (χ2v) is 3.34. The molecule has 1 N–H and O–H groups in total. The van der Waals surface area contributed by atoms with Crippen molar-refractivity contribution in [2.45, 2.75) is 13.2 Å². The van der Waals surface area contributed by atoms with Crippen LogP contribution in [0, 0.1) is 0 Å². The number of alkyl halides is 2. The number of hydrogen-bond donors (Lipinski definition) is 1. The molecule has 1 heterocycles. The van der Waals surface area contributed by atoms with Crippen molar-refractivity contribution in [3.8, 4) is 5.75 Å². The van der Waals surface area contributed by atoms with Gasteiger partial charge in [0.15, 0.2) is 0 Å². The molecule has 3 nitrogen and oxygen atoms in total. The summed E-state index contributed by atoms with van der Waals surface area (Å²) in [6.07, 6.45) is 1.58. The molecular formula is C12H11F2NO2. The van der Waals surface area contributed by atoms with Crippen molar-refractivity contribution in [2.75, 3.05) is 5.32 Å².